The summed E-state index contributed by atoms with van der Waals surface area (Å²) in [6.45, 7) is 0.842. The number of rotatable bonds is 5. The summed E-state index contributed by atoms with van der Waals surface area (Å²) in [5, 5.41) is 4.92. The number of hydrogen-bond donors (Lipinski definition) is 1. The molecule has 188 valence electrons. The molecule has 0 bridgehead atoms. The van der Waals surface area contributed by atoms with Gasteiger partial charge in [-0.1, -0.05) is 52.1 Å². The van der Waals surface area contributed by atoms with Crippen molar-refractivity contribution in [2.75, 3.05) is 18.7 Å². The number of alkyl halides is 3. The molecule has 1 aliphatic heterocycles. The van der Waals surface area contributed by atoms with Gasteiger partial charge in [-0.25, -0.2) is 5.01 Å². The van der Waals surface area contributed by atoms with Crippen molar-refractivity contribution in [1.82, 2.24) is 5.43 Å². The van der Waals surface area contributed by atoms with E-state index in [-0.39, 0.29) is 50.7 Å². The van der Waals surface area contributed by atoms with Gasteiger partial charge in [0.1, 0.15) is 6.61 Å². The Morgan fingerprint density at radius 1 is 1.26 bits per heavy atom. The lowest BCUT2D eigenvalue weighted by Crippen LogP contribution is -2.47. The maximum atomic E-state index is 14.3. The summed E-state index contributed by atoms with van der Waals surface area (Å²) in [5.74, 6) is -1.24. The number of benzene rings is 1. The first-order valence-electron chi connectivity index (χ1n) is 10.0. The molecular formula is C22H19Cl3F3N3O4. The largest absolute Gasteiger partial charge is 0.435 e. The molecular weight excluding hydrogens is 534 g/mol. The predicted molar refractivity (Wildman–Crippen MR) is 126 cm³/mol. The molecule has 0 saturated heterocycles. The van der Waals surface area contributed by atoms with Gasteiger partial charge in [0.15, 0.2) is 0 Å². The third-order valence-electron chi connectivity index (χ3n) is 5.10. The second-order valence-electron chi connectivity index (χ2n) is 7.60. The van der Waals surface area contributed by atoms with E-state index in [9.17, 15) is 22.8 Å². The van der Waals surface area contributed by atoms with Crippen LogP contribution in [0, 0.1) is 0 Å². The van der Waals surface area contributed by atoms with Gasteiger partial charge in [0.25, 0.3) is 11.5 Å². The lowest BCUT2D eigenvalue weighted by Gasteiger charge is -2.30. The number of nitrogens with zero attached hydrogens (tertiary/aromatic N) is 2. The molecule has 0 radical (unpaired) electrons. The van der Waals surface area contributed by atoms with Gasteiger partial charge in [-0.05, 0) is 24.3 Å². The van der Waals surface area contributed by atoms with E-state index in [1.54, 1.807) is 0 Å². The first kappa shape index (κ1) is 27.1. The number of allylic oxidation sites excluding steroid dienone is 4. The number of anilines is 1. The van der Waals surface area contributed by atoms with Crippen molar-refractivity contribution in [1.29, 1.82) is 0 Å². The van der Waals surface area contributed by atoms with Crippen molar-refractivity contribution < 1.29 is 32.3 Å². The van der Waals surface area contributed by atoms with Crippen LogP contribution in [0.4, 0.5) is 18.9 Å². The van der Waals surface area contributed by atoms with E-state index in [1.807, 2.05) is 0 Å². The summed E-state index contributed by atoms with van der Waals surface area (Å²) in [5.41, 5.74) is -0.538. The zero-order valence-electron chi connectivity index (χ0n) is 18.4. The first-order chi connectivity index (χ1) is 16.4. The minimum atomic E-state index is -4.86. The average molecular weight is 553 g/mol. The van der Waals surface area contributed by atoms with Gasteiger partial charge >= 0.3 is 6.18 Å². The number of nitrogens with one attached hydrogen (secondary N) is 1. The topological polar surface area (TPSA) is 80.2 Å². The van der Waals surface area contributed by atoms with Gasteiger partial charge in [0, 0.05) is 48.1 Å². The lowest BCUT2D eigenvalue weighted by atomic mass is 9.85. The van der Waals surface area contributed by atoms with Crippen LogP contribution in [0.2, 0.25) is 5.02 Å². The van der Waals surface area contributed by atoms with Crippen LogP contribution < -0.4 is 10.4 Å². The lowest BCUT2D eigenvalue weighted by molar-refractivity contribution is -0.251. The molecule has 35 heavy (non-hydrogen) atoms. The third kappa shape index (κ3) is 5.83. The van der Waals surface area contributed by atoms with Gasteiger partial charge in [0.2, 0.25) is 5.91 Å². The predicted octanol–water partition coefficient (Wildman–Crippen LogP) is 5.37. The van der Waals surface area contributed by atoms with Crippen LogP contribution in [0.15, 0.2) is 57.2 Å². The number of hydrazine groups is 1. The Hall–Kier alpha value is -2.53. The Kier molecular flexibility index (Phi) is 8.21. The number of carbonyl (C=O) groups excluding carboxylic acids is 2. The number of oxime groups is 1. The van der Waals surface area contributed by atoms with Crippen molar-refractivity contribution >= 4 is 58.0 Å². The maximum Gasteiger partial charge on any atom is 0.435 e. The van der Waals surface area contributed by atoms with Crippen molar-refractivity contribution in [2.24, 2.45) is 5.16 Å². The highest BCUT2D eigenvalue weighted by Gasteiger charge is 2.63. The fourth-order valence-corrected chi connectivity index (χ4v) is 4.17. The van der Waals surface area contributed by atoms with E-state index in [2.05, 4.69) is 10.6 Å². The van der Waals surface area contributed by atoms with E-state index in [4.69, 9.17) is 44.4 Å². The van der Waals surface area contributed by atoms with Gasteiger partial charge in [-0.15, -0.1) is 0 Å². The zero-order chi connectivity index (χ0) is 26.0. The van der Waals surface area contributed by atoms with Crippen molar-refractivity contribution in [3.05, 3.63) is 62.7 Å². The molecule has 2 amide bonds. The van der Waals surface area contributed by atoms with Crippen LogP contribution in [0.5, 0.6) is 0 Å². The molecule has 0 spiro atoms. The molecule has 1 aromatic rings. The molecule has 0 fully saturated rings. The standard InChI is InChI=1S/C22H19Cl3F3N3O4/c1-12(32)31(29-20(33)11-34-2)19-7-13(3-6-17(19)25)18-10-21(35-30-18,22(26,27)28)14-4-5-15(23)9-16(24)8-14/h3-4,6-9H,5,10-11H2,1-2H3,(H,29,33). The third-order valence-corrected chi connectivity index (χ3v) is 5.91. The van der Waals surface area contributed by atoms with Crippen LogP contribution >= 0.6 is 34.8 Å². The normalized spacial score (nSPS) is 20.1. The van der Waals surface area contributed by atoms with Crippen LogP contribution in [-0.4, -0.2) is 43.0 Å². The van der Waals surface area contributed by atoms with E-state index in [0.29, 0.717) is 0 Å². The highest BCUT2D eigenvalue weighted by Crippen LogP contribution is 2.48. The summed E-state index contributed by atoms with van der Waals surface area (Å²) in [6, 6.07) is 4.12. The number of ether oxygens (including phenoxy) is 1. The first-order valence-corrected chi connectivity index (χ1v) is 11.2. The average Bonchev–Trinajstić information content (AvgIpc) is 3.15. The minimum absolute atomic E-state index is 0.0112. The molecule has 1 aromatic carbocycles. The molecule has 1 aliphatic carbocycles. The van der Waals surface area contributed by atoms with Crippen molar-refractivity contribution in [3.8, 4) is 0 Å². The summed E-state index contributed by atoms with van der Waals surface area (Å²) in [6.07, 6.45) is -1.73. The number of carbonyl (C=O) groups is 2. The molecule has 3 rings (SSSR count). The minimum Gasteiger partial charge on any atom is -0.375 e. The van der Waals surface area contributed by atoms with Crippen molar-refractivity contribution in [3.63, 3.8) is 0 Å². The molecule has 13 heteroatoms. The second-order valence-corrected chi connectivity index (χ2v) is 8.93. The van der Waals surface area contributed by atoms with Crippen molar-refractivity contribution in [2.45, 2.75) is 31.5 Å². The van der Waals surface area contributed by atoms with E-state index >= 15 is 0 Å². The molecule has 1 unspecified atom stereocenters. The van der Waals surface area contributed by atoms with Gasteiger partial charge < -0.3 is 9.57 Å². The monoisotopic (exact) mass is 551 g/mol. The van der Waals surface area contributed by atoms with Gasteiger partial charge in [0.05, 0.1) is 16.4 Å². The Labute approximate surface area is 213 Å². The quantitative estimate of drug-likeness (QED) is 0.498. The number of amides is 2. The molecule has 7 nitrogen and oxygen atoms in total. The highest BCUT2D eigenvalue weighted by molar-refractivity contribution is 6.35. The second kappa shape index (κ2) is 10.6. The Morgan fingerprint density at radius 2 is 1.97 bits per heavy atom. The molecule has 1 heterocycles. The molecule has 1 N–H and O–H groups in total. The number of hydrogen-bond acceptors (Lipinski definition) is 5. The zero-order valence-corrected chi connectivity index (χ0v) is 20.6. The summed E-state index contributed by atoms with van der Waals surface area (Å²) >= 11 is 18.2. The molecule has 2 aliphatic rings. The van der Waals surface area contributed by atoms with Gasteiger partial charge in [-0.3, -0.25) is 15.0 Å². The fraction of sp³-hybridized carbons (Fsp3) is 0.318. The molecule has 1 atom stereocenters. The molecule has 0 aromatic heterocycles. The van der Waals surface area contributed by atoms with Crippen LogP contribution in [0.25, 0.3) is 0 Å². The maximum absolute atomic E-state index is 14.3. The van der Waals surface area contributed by atoms with Crippen LogP contribution in [0.1, 0.15) is 25.3 Å². The highest BCUT2D eigenvalue weighted by atomic mass is 35.5. The Morgan fingerprint density at radius 3 is 2.60 bits per heavy atom. The SMILES string of the molecule is COCC(=O)NN(C(C)=O)c1cc(C2=NOC(C3=CCC(Cl)=CC(Cl)=C3)(C(F)(F)F)C2)ccc1Cl. The number of methoxy groups -OCH3 is 1. The Bertz CT molecular complexity index is 1160. The van der Waals surface area contributed by atoms with E-state index < -0.39 is 30.0 Å². The Balaban J connectivity index is 1.98. The van der Waals surface area contributed by atoms with Crippen LogP contribution in [-0.2, 0) is 19.2 Å². The van der Waals surface area contributed by atoms with E-state index in [0.717, 1.165) is 11.1 Å². The number of halogens is 6. The summed E-state index contributed by atoms with van der Waals surface area (Å²) < 4.78 is 47.8. The summed E-state index contributed by atoms with van der Waals surface area (Å²) in [7, 11) is 1.30. The van der Waals surface area contributed by atoms with Gasteiger partial charge in [-0.2, -0.15) is 13.2 Å². The fourth-order valence-electron chi connectivity index (χ4n) is 3.47. The summed E-state index contributed by atoms with van der Waals surface area (Å²) in [4.78, 5) is 29.2. The van der Waals surface area contributed by atoms with E-state index in [1.165, 1.54) is 44.4 Å². The smallest absolute Gasteiger partial charge is 0.375 e. The molecule has 0 saturated carbocycles. The van der Waals surface area contributed by atoms with Crippen LogP contribution in [0.3, 0.4) is 0 Å².